The summed E-state index contributed by atoms with van der Waals surface area (Å²) < 4.78 is 2.09. The third-order valence-corrected chi connectivity index (χ3v) is 3.59. The van der Waals surface area contributed by atoms with E-state index in [4.69, 9.17) is 0 Å². The second-order valence-electron chi connectivity index (χ2n) is 6.61. The van der Waals surface area contributed by atoms with Gasteiger partial charge in [0.15, 0.2) is 0 Å². The van der Waals surface area contributed by atoms with Crippen molar-refractivity contribution in [2.75, 3.05) is 20.1 Å². The van der Waals surface area contributed by atoms with E-state index in [1.807, 2.05) is 24.4 Å². The molecule has 1 aromatic carbocycles. The highest BCUT2D eigenvalue weighted by Gasteiger charge is 2.19. The molecule has 0 aliphatic carbocycles. The predicted octanol–water partition coefficient (Wildman–Crippen LogP) is 1.89. The fraction of sp³-hybridized carbons (Fsp3) is 0.444. The van der Waals surface area contributed by atoms with Crippen LogP contribution in [-0.2, 0) is 13.0 Å². The van der Waals surface area contributed by atoms with E-state index in [1.165, 1.54) is 10.5 Å². The van der Waals surface area contributed by atoms with Crippen LogP contribution in [0.15, 0.2) is 42.7 Å². The van der Waals surface area contributed by atoms with Gasteiger partial charge in [-0.1, -0.05) is 30.3 Å². The molecule has 0 unspecified atom stereocenters. The molecule has 2 rings (SSSR count). The first-order valence-electron chi connectivity index (χ1n) is 8.10. The van der Waals surface area contributed by atoms with Gasteiger partial charge in [0, 0.05) is 39.0 Å². The maximum absolute atomic E-state index is 12.0. The van der Waals surface area contributed by atoms with Gasteiger partial charge in [-0.2, -0.15) is 0 Å². The van der Waals surface area contributed by atoms with Crippen LogP contribution < -0.4 is 5.32 Å². The zero-order chi connectivity index (χ0) is 17.6. The minimum Gasteiger partial charge on any atom is -0.389 e. The van der Waals surface area contributed by atoms with Gasteiger partial charge in [0.2, 0.25) is 0 Å². The van der Waals surface area contributed by atoms with E-state index < -0.39 is 5.60 Å². The van der Waals surface area contributed by atoms with Crippen molar-refractivity contribution in [3.8, 4) is 0 Å². The molecule has 6 heteroatoms. The van der Waals surface area contributed by atoms with Crippen LogP contribution in [0, 0.1) is 0 Å². The number of nitrogens with zero attached hydrogens (tertiary/aromatic N) is 3. The van der Waals surface area contributed by atoms with E-state index in [9.17, 15) is 9.90 Å². The minimum absolute atomic E-state index is 0.196. The van der Waals surface area contributed by atoms with Crippen LogP contribution >= 0.6 is 0 Å². The van der Waals surface area contributed by atoms with Gasteiger partial charge in [-0.25, -0.2) is 9.78 Å². The second-order valence-corrected chi connectivity index (χ2v) is 6.61. The fourth-order valence-corrected chi connectivity index (χ4v) is 2.56. The lowest BCUT2D eigenvalue weighted by Gasteiger charge is -2.25. The van der Waals surface area contributed by atoms with E-state index in [2.05, 4.69) is 27.0 Å². The first-order chi connectivity index (χ1) is 11.3. The van der Waals surface area contributed by atoms with Crippen molar-refractivity contribution in [2.45, 2.75) is 32.4 Å². The molecule has 6 nitrogen and oxygen atoms in total. The number of likely N-dealkylation sites (N-methyl/N-ethyl adjacent to an activating group) is 1. The number of carbonyl (C=O) groups is 1. The summed E-state index contributed by atoms with van der Waals surface area (Å²) in [5.74, 6) is 0.935. The molecule has 2 amide bonds. The molecule has 0 radical (unpaired) electrons. The molecule has 24 heavy (non-hydrogen) atoms. The maximum atomic E-state index is 12.0. The summed E-state index contributed by atoms with van der Waals surface area (Å²) in [5.41, 5.74) is 0.309. The Morgan fingerprint density at radius 3 is 2.71 bits per heavy atom. The number of aromatic nitrogens is 2. The smallest absolute Gasteiger partial charge is 0.317 e. The van der Waals surface area contributed by atoms with Gasteiger partial charge in [0.25, 0.3) is 0 Å². The lowest BCUT2D eigenvalue weighted by atomic mass is 10.1. The SMILES string of the molecule is CN(CC(C)(C)O)C(=O)NCCc1nccn1Cc1ccccc1. The third kappa shape index (κ3) is 5.70. The van der Waals surface area contributed by atoms with E-state index in [0.29, 0.717) is 13.0 Å². The lowest BCUT2D eigenvalue weighted by Crippen LogP contribution is -2.45. The number of benzene rings is 1. The molecule has 0 saturated heterocycles. The van der Waals surface area contributed by atoms with Crippen molar-refractivity contribution >= 4 is 6.03 Å². The highest BCUT2D eigenvalue weighted by atomic mass is 16.3. The number of nitrogens with one attached hydrogen (secondary N) is 1. The summed E-state index contributed by atoms with van der Waals surface area (Å²) in [6.07, 6.45) is 4.38. The second kappa shape index (κ2) is 7.97. The standard InChI is InChI=1S/C18H26N4O2/c1-18(2,24)14-21(3)17(23)20-10-9-16-19-11-12-22(16)13-15-7-5-4-6-8-15/h4-8,11-12,24H,9-10,13-14H2,1-3H3,(H,20,23). The maximum Gasteiger partial charge on any atom is 0.317 e. The number of carbonyl (C=O) groups excluding carboxylic acids is 1. The van der Waals surface area contributed by atoms with Crippen LogP contribution in [-0.4, -0.2) is 51.3 Å². The largest absolute Gasteiger partial charge is 0.389 e. The molecule has 0 fully saturated rings. The van der Waals surface area contributed by atoms with Gasteiger partial charge in [-0.05, 0) is 19.4 Å². The van der Waals surface area contributed by atoms with Crippen molar-refractivity contribution in [1.29, 1.82) is 0 Å². The van der Waals surface area contributed by atoms with Gasteiger partial charge in [0.1, 0.15) is 5.82 Å². The quantitative estimate of drug-likeness (QED) is 0.814. The summed E-state index contributed by atoms with van der Waals surface area (Å²) in [5, 5.41) is 12.6. The van der Waals surface area contributed by atoms with Crippen LogP contribution in [0.1, 0.15) is 25.2 Å². The molecule has 0 aliphatic rings. The molecular weight excluding hydrogens is 304 g/mol. The van der Waals surface area contributed by atoms with Crippen LogP contribution in [0.5, 0.6) is 0 Å². The average molecular weight is 330 g/mol. The summed E-state index contributed by atoms with van der Waals surface area (Å²) in [6, 6.07) is 10.0. The first kappa shape index (κ1) is 18.0. The van der Waals surface area contributed by atoms with E-state index in [0.717, 1.165) is 12.4 Å². The number of hydrogen-bond donors (Lipinski definition) is 2. The summed E-state index contributed by atoms with van der Waals surface area (Å²) in [4.78, 5) is 17.9. The number of rotatable bonds is 7. The van der Waals surface area contributed by atoms with Crippen molar-refractivity contribution in [3.63, 3.8) is 0 Å². The Balaban J connectivity index is 1.83. The zero-order valence-electron chi connectivity index (χ0n) is 14.6. The van der Waals surface area contributed by atoms with Crippen LogP contribution in [0.25, 0.3) is 0 Å². The Labute approximate surface area is 143 Å². The van der Waals surface area contributed by atoms with Gasteiger partial charge in [-0.3, -0.25) is 0 Å². The molecule has 0 saturated carbocycles. The monoisotopic (exact) mass is 330 g/mol. The lowest BCUT2D eigenvalue weighted by molar-refractivity contribution is 0.0532. The van der Waals surface area contributed by atoms with Crippen molar-refractivity contribution in [2.24, 2.45) is 0 Å². The molecule has 2 N–H and O–H groups in total. The Kier molecular flexibility index (Phi) is 5.98. The topological polar surface area (TPSA) is 70.4 Å². The van der Waals surface area contributed by atoms with Gasteiger partial charge in [-0.15, -0.1) is 0 Å². The molecular formula is C18H26N4O2. The van der Waals surface area contributed by atoms with Gasteiger partial charge >= 0.3 is 6.03 Å². The van der Waals surface area contributed by atoms with Gasteiger partial charge in [0.05, 0.1) is 12.1 Å². The van der Waals surface area contributed by atoms with Crippen LogP contribution in [0.2, 0.25) is 0 Å². The molecule has 1 aromatic heterocycles. The molecule has 0 bridgehead atoms. The summed E-state index contributed by atoms with van der Waals surface area (Å²) >= 11 is 0. The minimum atomic E-state index is -0.905. The Hall–Kier alpha value is -2.34. The van der Waals surface area contributed by atoms with E-state index in [-0.39, 0.29) is 12.6 Å². The van der Waals surface area contributed by atoms with Gasteiger partial charge < -0.3 is 19.9 Å². The normalized spacial score (nSPS) is 11.3. The summed E-state index contributed by atoms with van der Waals surface area (Å²) in [7, 11) is 1.67. The number of aliphatic hydroxyl groups is 1. The number of imidazole rings is 1. The van der Waals surface area contributed by atoms with Crippen molar-refractivity contribution in [1.82, 2.24) is 19.8 Å². The zero-order valence-corrected chi connectivity index (χ0v) is 14.6. The van der Waals surface area contributed by atoms with Crippen molar-refractivity contribution < 1.29 is 9.90 Å². The number of amides is 2. The Morgan fingerprint density at radius 2 is 2.04 bits per heavy atom. The molecule has 2 aromatic rings. The predicted molar refractivity (Wildman–Crippen MR) is 93.8 cm³/mol. The Morgan fingerprint density at radius 1 is 1.33 bits per heavy atom. The molecule has 0 spiro atoms. The Bertz CT molecular complexity index is 647. The number of hydrogen-bond acceptors (Lipinski definition) is 3. The first-order valence-corrected chi connectivity index (χ1v) is 8.10. The molecule has 130 valence electrons. The molecule has 1 heterocycles. The number of urea groups is 1. The van der Waals surface area contributed by atoms with Crippen LogP contribution in [0.3, 0.4) is 0 Å². The average Bonchev–Trinajstić information content (AvgIpc) is 2.93. The molecule has 0 atom stereocenters. The van der Waals surface area contributed by atoms with E-state index in [1.54, 1.807) is 27.1 Å². The van der Waals surface area contributed by atoms with Crippen molar-refractivity contribution in [3.05, 3.63) is 54.1 Å². The van der Waals surface area contributed by atoms with Crippen LogP contribution in [0.4, 0.5) is 4.79 Å². The van der Waals surface area contributed by atoms with E-state index >= 15 is 0 Å². The highest BCUT2D eigenvalue weighted by Crippen LogP contribution is 2.06. The fourth-order valence-electron chi connectivity index (χ4n) is 2.56. The summed E-state index contributed by atoms with van der Waals surface area (Å²) in [6.45, 7) is 4.90. The molecule has 0 aliphatic heterocycles. The third-order valence-electron chi connectivity index (χ3n) is 3.59. The highest BCUT2D eigenvalue weighted by molar-refractivity contribution is 5.73.